The van der Waals surface area contributed by atoms with Crippen LogP contribution in [0.3, 0.4) is 0 Å². The van der Waals surface area contributed by atoms with Gasteiger partial charge in [0.15, 0.2) is 0 Å². The lowest BCUT2D eigenvalue weighted by molar-refractivity contribution is 0.0903. The number of fused-ring (bicyclic) bond motifs is 1. The Morgan fingerprint density at radius 3 is 3.32 bits per heavy atom. The maximum absolute atomic E-state index is 5.42. The van der Waals surface area contributed by atoms with Gasteiger partial charge in [-0.25, -0.2) is 0 Å². The first-order valence-corrected chi connectivity index (χ1v) is 7.37. The molecule has 1 aliphatic rings. The summed E-state index contributed by atoms with van der Waals surface area (Å²) in [6.45, 7) is 2.98. The molecule has 0 spiro atoms. The zero-order valence-electron chi connectivity index (χ0n) is 11.0. The van der Waals surface area contributed by atoms with E-state index in [9.17, 15) is 0 Å². The predicted octanol–water partition coefficient (Wildman–Crippen LogP) is 2.46. The lowest BCUT2D eigenvalue weighted by Gasteiger charge is -2.20. The molecule has 0 radical (unpaired) electrons. The first kappa shape index (κ1) is 12.8. The second-order valence-electron chi connectivity index (χ2n) is 4.56. The Morgan fingerprint density at radius 2 is 2.53 bits per heavy atom. The summed E-state index contributed by atoms with van der Waals surface area (Å²) in [5.41, 5.74) is 1.26. The van der Waals surface area contributed by atoms with Crippen molar-refractivity contribution in [3.63, 3.8) is 0 Å². The molecule has 0 fully saturated rings. The normalized spacial score (nSPS) is 20.2. The highest BCUT2D eigenvalue weighted by molar-refractivity contribution is 7.10. The van der Waals surface area contributed by atoms with Gasteiger partial charge < -0.3 is 14.6 Å². The van der Waals surface area contributed by atoms with Gasteiger partial charge in [-0.3, -0.25) is 0 Å². The van der Waals surface area contributed by atoms with E-state index in [2.05, 4.69) is 26.9 Å². The van der Waals surface area contributed by atoms with Crippen molar-refractivity contribution in [3.05, 3.63) is 33.6 Å². The van der Waals surface area contributed by atoms with Gasteiger partial charge in [0.2, 0.25) is 11.7 Å². The lowest BCUT2D eigenvalue weighted by Crippen LogP contribution is -2.29. The Hall–Kier alpha value is -1.24. The summed E-state index contributed by atoms with van der Waals surface area (Å²) < 4.78 is 10.8. The molecule has 0 aromatic carbocycles. The van der Waals surface area contributed by atoms with E-state index in [-0.39, 0.29) is 12.1 Å². The summed E-state index contributed by atoms with van der Waals surface area (Å²) in [4.78, 5) is 5.90. The average Bonchev–Trinajstić information content (AvgIpc) is 3.08. The van der Waals surface area contributed by atoms with Crippen LogP contribution >= 0.6 is 11.3 Å². The summed E-state index contributed by atoms with van der Waals surface area (Å²) in [6, 6.07) is 2.15. The van der Waals surface area contributed by atoms with Gasteiger partial charge in [0.1, 0.15) is 12.1 Å². The Labute approximate surface area is 116 Å². The summed E-state index contributed by atoms with van der Waals surface area (Å²) in [5.74, 6) is 1.26. The summed E-state index contributed by atoms with van der Waals surface area (Å²) in [5, 5.41) is 9.60. The third kappa shape index (κ3) is 2.31. The number of hydrogen-bond donors (Lipinski definition) is 1. The highest BCUT2D eigenvalue weighted by atomic mass is 32.1. The highest BCUT2D eigenvalue weighted by Gasteiger charge is 2.28. The van der Waals surface area contributed by atoms with Crippen LogP contribution in [0.2, 0.25) is 0 Å². The second kappa shape index (κ2) is 5.40. The smallest absolute Gasteiger partial charge is 0.248 e. The van der Waals surface area contributed by atoms with E-state index in [1.807, 2.05) is 6.92 Å². The molecule has 0 bridgehead atoms. The van der Waals surface area contributed by atoms with Crippen molar-refractivity contribution in [2.24, 2.45) is 0 Å². The molecule has 2 aromatic heterocycles. The number of nitrogens with zero attached hydrogens (tertiary/aromatic N) is 2. The van der Waals surface area contributed by atoms with Gasteiger partial charge >= 0.3 is 0 Å². The largest absolute Gasteiger partial charge is 0.373 e. The second-order valence-corrected chi connectivity index (χ2v) is 5.56. The van der Waals surface area contributed by atoms with E-state index in [0.717, 1.165) is 19.4 Å². The van der Waals surface area contributed by atoms with E-state index in [4.69, 9.17) is 9.26 Å². The van der Waals surface area contributed by atoms with Crippen molar-refractivity contribution in [2.75, 3.05) is 13.7 Å². The minimum atomic E-state index is -0.0944. The van der Waals surface area contributed by atoms with Crippen molar-refractivity contribution in [3.8, 4) is 0 Å². The van der Waals surface area contributed by atoms with E-state index < -0.39 is 0 Å². The number of nitrogens with one attached hydrogen (secondary N) is 1. The number of ether oxygens (including phenoxy) is 1. The van der Waals surface area contributed by atoms with Crippen LogP contribution in [0, 0.1) is 0 Å². The molecule has 3 heterocycles. The number of rotatable bonds is 4. The van der Waals surface area contributed by atoms with Crippen LogP contribution in [-0.2, 0) is 11.2 Å². The summed E-state index contributed by atoms with van der Waals surface area (Å²) in [6.07, 6.45) is 1.81. The molecule has 0 saturated carbocycles. The first-order valence-electron chi connectivity index (χ1n) is 6.49. The standard InChI is InChI=1S/C13H17N3O2S/c1-3-9(17-2)12-15-13(18-16-12)11-8-5-7-19-10(8)4-6-14-11/h5,7,9,11,14H,3-4,6H2,1-2H3. The van der Waals surface area contributed by atoms with Gasteiger partial charge in [-0.05, 0) is 29.9 Å². The van der Waals surface area contributed by atoms with Crippen LogP contribution in [-0.4, -0.2) is 23.8 Å². The van der Waals surface area contributed by atoms with Gasteiger partial charge in [0.25, 0.3) is 0 Å². The van der Waals surface area contributed by atoms with E-state index in [1.54, 1.807) is 18.4 Å². The van der Waals surface area contributed by atoms with Crippen LogP contribution < -0.4 is 5.32 Å². The van der Waals surface area contributed by atoms with Crippen molar-refractivity contribution in [2.45, 2.75) is 31.9 Å². The van der Waals surface area contributed by atoms with Gasteiger partial charge in [0, 0.05) is 18.5 Å². The maximum Gasteiger partial charge on any atom is 0.248 e. The molecule has 102 valence electrons. The van der Waals surface area contributed by atoms with Gasteiger partial charge in [0.05, 0.1) is 0 Å². The quantitative estimate of drug-likeness (QED) is 0.931. The van der Waals surface area contributed by atoms with Crippen LogP contribution in [0.4, 0.5) is 0 Å². The molecule has 19 heavy (non-hydrogen) atoms. The molecular weight excluding hydrogens is 262 g/mol. The molecule has 6 heteroatoms. The van der Waals surface area contributed by atoms with E-state index in [0.29, 0.717) is 11.7 Å². The summed E-state index contributed by atoms with van der Waals surface area (Å²) in [7, 11) is 1.67. The molecule has 2 aromatic rings. The van der Waals surface area contributed by atoms with Crippen molar-refractivity contribution >= 4 is 11.3 Å². The monoisotopic (exact) mass is 279 g/mol. The predicted molar refractivity (Wildman–Crippen MR) is 72.2 cm³/mol. The minimum Gasteiger partial charge on any atom is -0.373 e. The fourth-order valence-corrected chi connectivity index (χ4v) is 3.34. The Bertz CT molecular complexity index is 548. The highest BCUT2D eigenvalue weighted by Crippen LogP contribution is 2.31. The lowest BCUT2D eigenvalue weighted by atomic mass is 10.0. The first-order chi connectivity index (χ1) is 9.33. The molecule has 0 saturated heterocycles. The molecule has 0 amide bonds. The topological polar surface area (TPSA) is 60.2 Å². The third-order valence-electron chi connectivity index (χ3n) is 3.44. The van der Waals surface area contributed by atoms with Crippen LogP contribution in [0.15, 0.2) is 16.0 Å². The van der Waals surface area contributed by atoms with Gasteiger partial charge in [-0.15, -0.1) is 11.3 Å². The number of methoxy groups -OCH3 is 1. The number of hydrogen-bond acceptors (Lipinski definition) is 6. The van der Waals surface area contributed by atoms with Crippen LogP contribution in [0.25, 0.3) is 0 Å². The Morgan fingerprint density at radius 1 is 1.63 bits per heavy atom. The molecule has 3 rings (SSSR count). The molecule has 2 unspecified atom stereocenters. The molecule has 1 aliphatic heterocycles. The van der Waals surface area contributed by atoms with Crippen LogP contribution in [0.1, 0.15) is 47.6 Å². The molecule has 5 nitrogen and oxygen atoms in total. The number of thiophene rings is 1. The van der Waals surface area contributed by atoms with Crippen molar-refractivity contribution < 1.29 is 9.26 Å². The average molecular weight is 279 g/mol. The van der Waals surface area contributed by atoms with Gasteiger partial charge in [-0.1, -0.05) is 12.1 Å². The van der Waals surface area contributed by atoms with Crippen molar-refractivity contribution in [1.29, 1.82) is 0 Å². The summed E-state index contributed by atoms with van der Waals surface area (Å²) >= 11 is 1.79. The van der Waals surface area contributed by atoms with E-state index >= 15 is 0 Å². The van der Waals surface area contributed by atoms with Crippen LogP contribution in [0.5, 0.6) is 0 Å². The van der Waals surface area contributed by atoms with Gasteiger partial charge in [-0.2, -0.15) is 4.98 Å². The Balaban J connectivity index is 1.88. The molecule has 0 aliphatic carbocycles. The Kier molecular flexibility index (Phi) is 3.63. The molecule has 1 N–H and O–H groups in total. The maximum atomic E-state index is 5.42. The molecular formula is C13H17N3O2S. The van der Waals surface area contributed by atoms with Crippen molar-refractivity contribution in [1.82, 2.24) is 15.5 Å². The SMILES string of the molecule is CCC(OC)c1noc(C2NCCc3sccc32)n1. The minimum absolute atomic E-state index is 0.0191. The third-order valence-corrected chi connectivity index (χ3v) is 4.44. The fraction of sp³-hybridized carbons (Fsp3) is 0.538. The number of aromatic nitrogens is 2. The zero-order chi connectivity index (χ0) is 13.2. The van der Waals surface area contributed by atoms with E-state index in [1.165, 1.54) is 10.4 Å². The zero-order valence-corrected chi connectivity index (χ0v) is 11.9. The molecule has 2 atom stereocenters. The fourth-order valence-electron chi connectivity index (χ4n) is 2.42.